The van der Waals surface area contributed by atoms with Gasteiger partial charge in [-0.1, -0.05) is 95.2 Å². The fourth-order valence-corrected chi connectivity index (χ4v) is 9.18. The van der Waals surface area contributed by atoms with Crippen molar-refractivity contribution in [3.8, 4) is 0 Å². The zero-order chi connectivity index (χ0) is 44.5. The van der Waals surface area contributed by atoms with Crippen molar-refractivity contribution in [3.63, 3.8) is 0 Å². The molecule has 2 aliphatic heterocycles. The first kappa shape index (κ1) is 45.0. The minimum absolute atomic E-state index is 0.233. The lowest BCUT2D eigenvalue weighted by molar-refractivity contribution is -0.150. The number of aromatic nitrogens is 1. The second-order valence-electron chi connectivity index (χ2n) is 18.1. The van der Waals surface area contributed by atoms with Crippen LogP contribution in [0, 0.1) is 10.8 Å². The maximum Gasteiger partial charge on any atom is 0.407 e. The summed E-state index contributed by atoms with van der Waals surface area (Å²) in [5, 5.41) is 23.8. The van der Waals surface area contributed by atoms with E-state index in [4.69, 9.17) is 16.0 Å². The molecule has 0 aliphatic carbocycles. The molecule has 2 fully saturated rings. The molecule has 0 radical (unpaired) electrons. The Balaban J connectivity index is 1.41. The van der Waals surface area contributed by atoms with Gasteiger partial charge in [0.1, 0.15) is 29.4 Å². The fourth-order valence-electron chi connectivity index (χ4n) is 9.18. The molecule has 3 heterocycles. The minimum Gasteiger partial charge on any atom is -0.465 e. The van der Waals surface area contributed by atoms with E-state index in [-0.39, 0.29) is 25.9 Å². The highest BCUT2D eigenvalue weighted by atomic mass is 16.5. The molecule has 3 aromatic rings. The summed E-state index contributed by atoms with van der Waals surface area (Å²) in [4.78, 5) is 86.0. The summed E-state index contributed by atoms with van der Waals surface area (Å²) in [6.07, 6.45) is 0.488. The fraction of sp³-hybridized carbons (Fsp3) is 0.512. The Morgan fingerprint density at radius 3 is 1.33 bits per heavy atom. The predicted molar refractivity (Wildman–Crippen MR) is 221 cm³/mol. The number of rotatable bonds is 13. The van der Waals surface area contributed by atoms with E-state index in [1.165, 1.54) is 30.2 Å². The van der Waals surface area contributed by atoms with Gasteiger partial charge in [-0.2, -0.15) is 0 Å². The summed E-state index contributed by atoms with van der Waals surface area (Å²) < 4.78 is 5.19. The van der Waals surface area contributed by atoms with Gasteiger partial charge in [0.15, 0.2) is 5.82 Å². The average Bonchev–Trinajstić information content (AvgIpc) is 3.95. The summed E-state index contributed by atoms with van der Waals surface area (Å²) >= 11 is 0. The van der Waals surface area contributed by atoms with Crippen molar-refractivity contribution >= 4 is 41.6 Å². The van der Waals surface area contributed by atoms with Crippen molar-refractivity contribution < 1.29 is 43.5 Å². The van der Waals surface area contributed by atoms with Crippen LogP contribution < -0.4 is 16.4 Å². The molecule has 324 valence electrons. The maximum absolute atomic E-state index is 14.2. The molecule has 1 aromatic heterocycles. The summed E-state index contributed by atoms with van der Waals surface area (Å²) in [6, 6.07) is 14.0. The lowest BCUT2D eigenvalue weighted by Crippen LogP contribution is -2.61. The number of hydrogen-bond donors (Lipinski definition) is 4. The van der Waals surface area contributed by atoms with Gasteiger partial charge >= 0.3 is 12.2 Å². The largest absolute Gasteiger partial charge is 0.465 e. The third-order valence-electron chi connectivity index (χ3n) is 12.0. The lowest BCUT2D eigenvalue weighted by Gasteiger charge is -2.43. The highest BCUT2D eigenvalue weighted by Gasteiger charge is 2.55. The van der Waals surface area contributed by atoms with E-state index < -0.39 is 69.8 Å². The minimum atomic E-state index is -1.48. The molecule has 2 aromatic carbocycles. The van der Waals surface area contributed by atoms with E-state index in [2.05, 4.69) is 5.16 Å². The Morgan fingerprint density at radius 1 is 0.683 bits per heavy atom. The topological polar surface area (TPSA) is 237 Å². The number of amides is 6. The Kier molecular flexibility index (Phi) is 12.6. The van der Waals surface area contributed by atoms with Crippen molar-refractivity contribution in [1.82, 2.24) is 24.8 Å². The number of nitrogens with two attached hydrogens (primary N) is 2. The van der Waals surface area contributed by atoms with Gasteiger partial charge in [0.2, 0.25) is 23.6 Å². The molecule has 0 spiro atoms. The molecule has 6 amide bonds. The molecular weight excluding hydrogens is 773 g/mol. The maximum atomic E-state index is 14.2. The van der Waals surface area contributed by atoms with Gasteiger partial charge in [-0.3, -0.25) is 29.0 Å². The SMILES string of the molecule is CN(C(=O)O)[C@H](C(=O)N1CCC[C@@]1(C(N)=O)c1ccc(CN(Cc2ccc([C@]3(C(N)=O)CCCN3C(=O)[C@@H](N(C)C(=O)O)C(C)(C)C)cc2)c2ccon2)cc1)C(C)(C)C. The van der Waals surface area contributed by atoms with E-state index in [9.17, 15) is 39.0 Å². The van der Waals surface area contributed by atoms with Gasteiger partial charge in [-0.15, -0.1) is 0 Å². The van der Waals surface area contributed by atoms with Gasteiger partial charge in [0.25, 0.3) is 0 Å². The van der Waals surface area contributed by atoms with E-state index >= 15 is 0 Å². The summed E-state index contributed by atoms with van der Waals surface area (Å²) in [7, 11) is 2.69. The molecule has 17 nitrogen and oxygen atoms in total. The molecule has 0 unspecified atom stereocenters. The van der Waals surface area contributed by atoms with Gasteiger partial charge in [-0.05, 0) is 58.8 Å². The Bertz CT molecular complexity index is 1950. The number of benzene rings is 2. The van der Waals surface area contributed by atoms with Crippen LogP contribution in [-0.2, 0) is 43.3 Å². The van der Waals surface area contributed by atoms with Crippen LogP contribution in [0.15, 0.2) is 65.4 Å². The average molecular weight is 831 g/mol. The summed E-state index contributed by atoms with van der Waals surface area (Å²) in [5.74, 6) is -1.86. The third-order valence-corrected chi connectivity index (χ3v) is 12.0. The van der Waals surface area contributed by atoms with Crippen LogP contribution in [-0.4, -0.2) is 110 Å². The van der Waals surface area contributed by atoms with Gasteiger partial charge < -0.3 is 40.9 Å². The van der Waals surface area contributed by atoms with Crippen LogP contribution in [0.3, 0.4) is 0 Å². The normalized spacial score (nSPS) is 20.3. The number of primary amides is 2. The molecule has 17 heteroatoms. The van der Waals surface area contributed by atoms with E-state index in [1.807, 2.05) is 29.2 Å². The summed E-state index contributed by atoms with van der Waals surface area (Å²) in [5.41, 5.74) is 10.4. The van der Waals surface area contributed by atoms with Crippen molar-refractivity contribution in [1.29, 1.82) is 0 Å². The van der Waals surface area contributed by atoms with E-state index in [0.717, 1.165) is 20.9 Å². The Hall–Kier alpha value is -6.13. The molecule has 2 saturated heterocycles. The zero-order valence-corrected chi connectivity index (χ0v) is 35.7. The van der Waals surface area contributed by atoms with Crippen molar-refractivity contribution in [2.24, 2.45) is 22.3 Å². The molecule has 4 atom stereocenters. The van der Waals surface area contributed by atoms with E-state index in [1.54, 1.807) is 71.9 Å². The van der Waals surface area contributed by atoms with Crippen LogP contribution in [0.5, 0.6) is 0 Å². The van der Waals surface area contributed by atoms with Crippen LogP contribution in [0.25, 0.3) is 0 Å². The monoisotopic (exact) mass is 830 g/mol. The number of carbonyl (C=O) groups excluding carboxylic acids is 4. The van der Waals surface area contributed by atoms with Gasteiger partial charge in [-0.25, -0.2) is 9.59 Å². The number of likely N-dealkylation sites (tertiary alicyclic amines) is 2. The molecular formula is C43H58N8O9. The van der Waals surface area contributed by atoms with Gasteiger partial charge in [0, 0.05) is 46.3 Å². The molecule has 60 heavy (non-hydrogen) atoms. The molecule has 2 aliphatic rings. The molecule has 6 N–H and O–H groups in total. The van der Waals surface area contributed by atoms with Crippen LogP contribution in [0.2, 0.25) is 0 Å². The Labute approximate surface area is 350 Å². The Morgan fingerprint density at radius 2 is 1.05 bits per heavy atom. The molecule has 0 bridgehead atoms. The zero-order valence-electron chi connectivity index (χ0n) is 35.7. The number of carboxylic acid groups (broad SMARTS) is 2. The number of nitrogens with zero attached hydrogens (tertiary/aromatic N) is 6. The van der Waals surface area contributed by atoms with Crippen LogP contribution >= 0.6 is 0 Å². The van der Waals surface area contributed by atoms with Crippen molar-refractivity contribution in [2.45, 2.75) is 103 Å². The molecule has 5 rings (SSSR count). The first-order valence-corrected chi connectivity index (χ1v) is 20.0. The van der Waals surface area contributed by atoms with Crippen LogP contribution in [0.4, 0.5) is 15.4 Å². The first-order valence-electron chi connectivity index (χ1n) is 20.0. The number of likely N-dealkylation sites (N-methyl/N-ethyl adjacent to an activating group) is 2. The van der Waals surface area contributed by atoms with Crippen molar-refractivity contribution in [3.05, 3.63) is 83.1 Å². The number of anilines is 1. The molecule has 0 saturated carbocycles. The smallest absolute Gasteiger partial charge is 0.407 e. The standard InChI is InChI=1S/C43H58N8O9/c1-40(2,3)32(47(7)38(56)57)34(52)50-22-9-20-42(50,36(44)54)29-15-11-27(12-16-29)25-49(31-19-24-60-46-31)26-28-13-17-30(18-14-28)43(37(45)55)21-10-23-51(43)35(53)33(41(4,5)6)48(8)39(58)59/h11-19,24,32-33H,9-10,20-23,25-26H2,1-8H3,(H2,44,54)(H2,45,55)(H,56,57)(H,58,59)/t32-,33-,42+,43+/m1/s1. The number of hydrogen-bond acceptors (Lipinski definition) is 9. The predicted octanol–water partition coefficient (Wildman–Crippen LogP) is 4.54. The second kappa shape index (κ2) is 16.9. The van der Waals surface area contributed by atoms with E-state index in [0.29, 0.717) is 42.9 Å². The number of carbonyl (C=O) groups is 6. The van der Waals surface area contributed by atoms with Crippen LogP contribution in [0.1, 0.15) is 89.5 Å². The van der Waals surface area contributed by atoms with Crippen molar-refractivity contribution in [2.75, 3.05) is 32.1 Å². The third kappa shape index (κ3) is 8.34. The highest BCUT2D eigenvalue weighted by molar-refractivity contribution is 5.96. The highest BCUT2D eigenvalue weighted by Crippen LogP contribution is 2.43. The summed E-state index contributed by atoms with van der Waals surface area (Å²) in [6.45, 7) is 11.8. The first-order chi connectivity index (χ1) is 28.0. The van der Waals surface area contributed by atoms with Gasteiger partial charge in [0.05, 0.1) is 0 Å². The second-order valence-corrected chi connectivity index (χ2v) is 18.1. The quantitative estimate of drug-likeness (QED) is 0.187. The lowest BCUT2D eigenvalue weighted by atomic mass is 9.82.